The van der Waals surface area contributed by atoms with E-state index in [0.717, 1.165) is 36.5 Å². The topological polar surface area (TPSA) is 41.5 Å². The number of hydrogen-bond donors (Lipinski definition) is 1. The van der Waals surface area contributed by atoms with E-state index in [1.165, 1.54) is 6.07 Å². The number of carbonyl (C=O) groups excluding carboxylic acids is 1. The first-order chi connectivity index (χ1) is 11.6. The zero-order valence-electron chi connectivity index (χ0n) is 13.0. The molecule has 0 radical (unpaired) electrons. The summed E-state index contributed by atoms with van der Waals surface area (Å²) in [6.45, 7) is 1.47. The van der Waals surface area contributed by atoms with E-state index in [0.29, 0.717) is 12.8 Å². The van der Waals surface area contributed by atoms with Crippen LogP contribution in [0.1, 0.15) is 28.8 Å². The van der Waals surface area contributed by atoms with E-state index >= 15 is 0 Å². The van der Waals surface area contributed by atoms with E-state index < -0.39 is 28.4 Å². The molecule has 2 aliphatic rings. The number of para-hydroxylation sites is 1. The number of nitrogens with one attached hydrogen (secondary N) is 1. The molecule has 0 amide bonds. The number of aliphatic imine (C=N–C) groups is 1. The second-order valence-corrected chi connectivity index (χ2v) is 6.24. The summed E-state index contributed by atoms with van der Waals surface area (Å²) in [7, 11) is 0. The molecule has 5 heteroatoms. The molecule has 2 aliphatic heterocycles. The van der Waals surface area contributed by atoms with Crippen LogP contribution in [0.4, 0.5) is 14.5 Å². The number of rotatable bonds is 2. The van der Waals surface area contributed by atoms with Crippen LogP contribution in [0.3, 0.4) is 0 Å². The van der Waals surface area contributed by atoms with Crippen LogP contribution in [-0.2, 0) is 5.41 Å². The maximum absolute atomic E-state index is 14.1. The Kier molecular flexibility index (Phi) is 3.53. The van der Waals surface area contributed by atoms with Crippen LogP contribution < -0.4 is 5.32 Å². The SMILES string of the molecule is O=C(C1=Nc2ccccc2C12CCNCC2)c1c(F)cccc1F. The van der Waals surface area contributed by atoms with Crippen molar-refractivity contribution in [3.05, 3.63) is 65.2 Å². The van der Waals surface area contributed by atoms with E-state index in [1.54, 1.807) is 0 Å². The van der Waals surface area contributed by atoms with Crippen LogP contribution in [0.25, 0.3) is 0 Å². The number of Topliss-reactive ketones (excluding diaryl/α,β-unsaturated/α-hetero) is 1. The molecule has 2 aromatic carbocycles. The fourth-order valence-electron chi connectivity index (χ4n) is 3.79. The highest BCUT2D eigenvalue weighted by Crippen LogP contribution is 2.46. The Labute approximate surface area is 138 Å². The molecule has 4 rings (SSSR count). The van der Waals surface area contributed by atoms with E-state index in [4.69, 9.17) is 0 Å². The molecule has 122 valence electrons. The second kappa shape index (κ2) is 5.60. The lowest BCUT2D eigenvalue weighted by Gasteiger charge is -2.35. The molecule has 1 spiro atoms. The zero-order valence-corrected chi connectivity index (χ0v) is 13.0. The molecule has 0 aromatic heterocycles. The van der Waals surface area contributed by atoms with Gasteiger partial charge in [-0.2, -0.15) is 0 Å². The molecule has 1 fully saturated rings. The highest BCUT2D eigenvalue weighted by Gasteiger charge is 2.47. The molecular formula is C19H16F2N2O. The molecule has 1 saturated heterocycles. The molecule has 0 aliphatic carbocycles. The molecule has 2 heterocycles. The largest absolute Gasteiger partial charge is 0.317 e. The predicted octanol–water partition coefficient (Wildman–Crippen LogP) is 3.56. The van der Waals surface area contributed by atoms with Gasteiger partial charge in [0.1, 0.15) is 11.6 Å². The van der Waals surface area contributed by atoms with Crippen molar-refractivity contribution in [2.24, 2.45) is 4.99 Å². The number of halogens is 2. The Morgan fingerprint density at radius 1 is 1.00 bits per heavy atom. The van der Waals surface area contributed by atoms with Crippen molar-refractivity contribution >= 4 is 17.2 Å². The van der Waals surface area contributed by atoms with Crippen LogP contribution in [0.15, 0.2) is 47.5 Å². The number of benzene rings is 2. The average Bonchev–Trinajstić information content (AvgIpc) is 2.90. The minimum absolute atomic E-state index is 0.259. The van der Waals surface area contributed by atoms with Crippen LogP contribution >= 0.6 is 0 Å². The van der Waals surface area contributed by atoms with Gasteiger partial charge in [0.15, 0.2) is 0 Å². The molecule has 3 nitrogen and oxygen atoms in total. The van der Waals surface area contributed by atoms with Gasteiger partial charge in [-0.3, -0.25) is 4.79 Å². The molecule has 24 heavy (non-hydrogen) atoms. The van der Waals surface area contributed by atoms with Gasteiger partial charge in [0.25, 0.3) is 0 Å². The molecular weight excluding hydrogens is 310 g/mol. The minimum atomic E-state index is -0.845. The van der Waals surface area contributed by atoms with E-state index in [1.807, 2.05) is 24.3 Å². The van der Waals surface area contributed by atoms with Gasteiger partial charge in [-0.05, 0) is 49.7 Å². The lowest BCUT2D eigenvalue weighted by molar-refractivity contribution is 0.105. The van der Waals surface area contributed by atoms with Crippen molar-refractivity contribution in [3.63, 3.8) is 0 Å². The number of piperidine rings is 1. The van der Waals surface area contributed by atoms with Crippen molar-refractivity contribution in [2.45, 2.75) is 18.3 Å². The standard InChI is InChI=1S/C19H16F2N2O/c20-13-5-3-6-14(21)16(13)17(24)18-19(8-10-22-11-9-19)12-4-1-2-7-15(12)23-18/h1-7,22H,8-11H2. The Morgan fingerprint density at radius 2 is 1.67 bits per heavy atom. The highest BCUT2D eigenvalue weighted by molar-refractivity contribution is 6.50. The first-order valence-electron chi connectivity index (χ1n) is 8.01. The van der Waals surface area contributed by atoms with Crippen molar-refractivity contribution in [3.8, 4) is 0 Å². The number of ketones is 1. The van der Waals surface area contributed by atoms with Gasteiger partial charge in [0.05, 0.1) is 17.0 Å². The van der Waals surface area contributed by atoms with Crippen LogP contribution in [-0.4, -0.2) is 24.6 Å². The summed E-state index contributed by atoms with van der Waals surface area (Å²) in [4.78, 5) is 17.5. The zero-order chi connectivity index (χ0) is 16.7. The summed E-state index contributed by atoms with van der Waals surface area (Å²) < 4.78 is 28.2. The number of carbonyl (C=O) groups is 1. The van der Waals surface area contributed by atoms with E-state index in [2.05, 4.69) is 10.3 Å². The maximum Gasteiger partial charge on any atom is 0.214 e. The van der Waals surface area contributed by atoms with Crippen LogP contribution in [0.5, 0.6) is 0 Å². The number of nitrogens with zero attached hydrogens (tertiary/aromatic N) is 1. The molecule has 0 saturated carbocycles. The van der Waals surface area contributed by atoms with Gasteiger partial charge < -0.3 is 5.32 Å². The molecule has 0 bridgehead atoms. The minimum Gasteiger partial charge on any atom is -0.317 e. The predicted molar refractivity (Wildman–Crippen MR) is 88.0 cm³/mol. The third-order valence-corrected chi connectivity index (χ3v) is 4.97. The first-order valence-corrected chi connectivity index (χ1v) is 8.01. The van der Waals surface area contributed by atoms with Crippen molar-refractivity contribution in [1.29, 1.82) is 0 Å². The summed E-state index contributed by atoms with van der Waals surface area (Å²) in [6.07, 6.45) is 1.37. The van der Waals surface area contributed by atoms with Crippen LogP contribution in [0, 0.1) is 11.6 Å². The molecule has 1 N–H and O–H groups in total. The summed E-state index contributed by atoms with van der Waals surface area (Å²) in [5.41, 5.74) is 0.885. The second-order valence-electron chi connectivity index (χ2n) is 6.24. The van der Waals surface area contributed by atoms with Gasteiger partial charge in [-0.25, -0.2) is 13.8 Å². The van der Waals surface area contributed by atoms with Gasteiger partial charge in [-0.15, -0.1) is 0 Å². The fourth-order valence-corrected chi connectivity index (χ4v) is 3.79. The third-order valence-electron chi connectivity index (χ3n) is 4.97. The Bertz CT molecular complexity index is 834. The van der Waals surface area contributed by atoms with E-state index in [-0.39, 0.29) is 5.71 Å². The summed E-state index contributed by atoms with van der Waals surface area (Å²) in [5, 5.41) is 3.27. The summed E-state index contributed by atoms with van der Waals surface area (Å²) >= 11 is 0. The number of fused-ring (bicyclic) bond motifs is 2. The van der Waals surface area contributed by atoms with Crippen LogP contribution in [0.2, 0.25) is 0 Å². The Hall–Kier alpha value is -2.40. The van der Waals surface area contributed by atoms with Crippen molar-refractivity contribution < 1.29 is 13.6 Å². The quantitative estimate of drug-likeness (QED) is 0.858. The first kappa shape index (κ1) is 15.1. The fraction of sp³-hybridized carbons (Fsp3) is 0.263. The van der Waals surface area contributed by atoms with Gasteiger partial charge in [-0.1, -0.05) is 24.3 Å². The van der Waals surface area contributed by atoms with E-state index in [9.17, 15) is 13.6 Å². The smallest absolute Gasteiger partial charge is 0.214 e. The van der Waals surface area contributed by atoms with Gasteiger partial charge in [0.2, 0.25) is 5.78 Å². The van der Waals surface area contributed by atoms with Crippen molar-refractivity contribution in [1.82, 2.24) is 5.32 Å². The van der Waals surface area contributed by atoms with Gasteiger partial charge in [0, 0.05) is 5.41 Å². The maximum atomic E-state index is 14.1. The summed E-state index contributed by atoms with van der Waals surface area (Å²) in [5.74, 6) is -2.34. The third kappa shape index (κ3) is 2.12. The Balaban J connectivity index is 1.87. The summed E-state index contributed by atoms with van der Waals surface area (Å²) in [6, 6.07) is 11.0. The average molecular weight is 326 g/mol. The lowest BCUT2D eigenvalue weighted by atomic mass is 9.69. The van der Waals surface area contributed by atoms with Gasteiger partial charge >= 0.3 is 0 Å². The lowest BCUT2D eigenvalue weighted by Crippen LogP contribution is -2.46. The monoisotopic (exact) mass is 326 g/mol. The number of hydrogen-bond acceptors (Lipinski definition) is 3. The highest BCUT2D eigenvalue weighted by atomic mass is 19.1. The molecule has 0 atom stereocenters. The Morgan fingerprint density at radius 3 is 2.38 bits per heavy atom. The molecule has 0 unspecified atom stereocenters. The van der Waals surface area contributed by atoms with Crippen molar-refractivity contribution in [2.75, 3.05) is 13.1 Å². The normalized spacial score (nSPS) is 18.3. The molecule has 2 aromatic rings.